The standard InChI is InChI=1S/C15H16N4S3/c20-15-16-14(13-4-2-8-22-13)17-19(15)10-18(11-5-6-11)9-12-3-1-7-21-12/h1-4,7-8,11H,5-6,9-10H2,(H,16,17,20). The molecule has 0 saturated heterocycles. The molecule has 4 nitrogen and oxygen atoms in total. The van der Waals surface area contributed by atoms with Crippen LogP contribution in [0.15, 0.2) is 35.0 Å². The molecule has 22 heavy (non-hydrogen) atoms. The molecule has 3 aromatic heterocycles. The third-order valence-corrected chi connectivity index (χ3v) is 5.81. The zero-order valence-corrected chi connectivity index (χ0v) is 14.4. The second-order valence-corrected chi connectivity index (χ2v) is 7.80. The van der Waals surface area contributed by atoms with Gasteiger partial charge in [-0.1, -0.05) is 12.1 Å². The maximum absolute atomic E-state index is 5.42. The molecule has 0 bridgehead atoms. The summed E-state index contributed by atoms with van der Waals surface area (Å²) in [6.45, 7) is 1.76. The molecule has 1 aliphatic carbocycles. The van der Waals surface area contributed by atoms with Gasteiger partial charge in [0.2, 0.25) is 4.77 Å². The summed E-state index contributed by atoms with van der Waals surface area (Å²) in [6.07, 6.45) is 2.56. The van der Waals surface area contributed by atoms with Crippen LogP contribution in [-0.4, -0.2) is 25.7 Å². The Morgan fingerprint density at radius 2 is 2.09 bits per heavy atom. The van der Waals surface area contributed by atoms with Crippen LogP contribution in [0.4, 0.5) is 0 Å². The van der Waals surface area contributed by atoms with Crippen LogP contribution in [-0.2, 0) is 13.2 Å². The van der Waals surface area contributed by atoms with Gasteiger partial charge in [0.1, 0.15) is 0 Å². The number of aromatic amines is 1. The van der Waals surface area contributed by atoms with Crippen LogP contribution in [0.5, 0.6) is 0 Å². The fraction of sp³-hybridized carbons (Fsp3) is 0.333. The molecule has 1 N–H and O–H groups in total. The summed E-state index contributed by atoms with van der Waals surface area (Å²) < 4.78 is 2.61. The van der Waals surface area contributed by atoms with Crippen molar-refractivity contribution in [3.63, 3.8) is 0 Å². The summed E-state index contributed by atoms with van der Waals surface area (Å²) in [5.41, 5.74) is 0. The molecule has 1 aliphatic rings. The van der Waals surface area contributed by atoms with Gasteiger partial charge < -0.3 is 0 Å². The first-order valence-corrected chi connectivity index (χ1v) is 9.43. The van der Waals surface area contributed by atoms with Crippen molar-refractivity contribution in [2.45, 2.75) is 32.1 Å². The highest BCUT2D eigenvalue weighted by molar-refractivity contribution is 7.71. The molecule has 0 radical (unpaired) electrons. The predicted molar refractivity (Wildman–Crippen MR) is 93.6 cm³/mol. The topological polar surface area (TPSA) is 36.9 Å². The van der Waals surface area contributed by atoms with E-state index in [0.29, 0.717) is 10.8 Å². The minimum absolute atomic E-state index is 0.625. The molecule has 4 rings (SSSR count). The Kier molecular flexibility index (Phi) is 3.96. The van der Waals surface area contributed by atoms with Gasteiger partial charge in [-0.05, 0) is 48.0 Å². The zero-order valence-electron chi connectivity index (χ0n) is 11.9. The largest absolute Gasteiger partial charge is 0.277 e. The number of hydrogen-bond donors (Lipinski definition) is 1. The van der Waals surface area contributed by atoms with Crippen LogP contribution >= 0.6 is 34.9 Å². The number of nitrogens with zero attached hydrogens (tertiary/aromatic N) is 3. The number of nitrogens with one attached hydrogen (secondary N) is 1. The smallest absolute Gasteiger partial charge is 0.217 e. The zero-order chi connectivity index (χ0) is 14.9. The van der Waals surface area contributed by atoms with Gasteiger partial charge >= 0.3 is 0 Å². The minimum Gasteiger partial charge on any atom is -0.277 e. The van der Waals surface area contributed by atoms with Crippen molar-refractivity contribution in [1.82, 2.24) is 19.7 Å². The number of H-pyrrole nitrogens is 1. The number of hydrogen-bond acceptors (Lipinski definition) is 5. The SMILES string of the molecule is S=c1nc(-c2cccs2)[nH]n1CN(Cc1cccs1)C1CC1. The molecule has 3 aromatic rings. The van der Waals surface area contributed by atoms with Crippen LogP contribution in [0.2, 0.25) is 0 Å². The maximum Gasteiger partial charge on any atom is 0.217 e. The van der Waals surface area contributed by atoms with E-state index in [1.165, 1.54) is 17.7 Å². The molecule has 7 heteroatoms. The molecule has 1 fully saturated rings. The Hall–Kier alpha value is -1.28. The van der Waals surface area contributed by atoms with E-state index in [1.54, 1.807) is 11.3 Å². The lowest BCUT2D eigenvalue weighted by atomic mass is 10.4. The van der Waals surface area contributed by atoms with E-state index in [0.717, 1.165) is 23.9 Å². The highest BCUT2D eigenvalue weighted by Crippen LogP contribution is 2.30. The van der Waals surface area contributed by atoms with E-state index in [4.69, 9.17) is 12.2 Å². The maximum atomic E-state index is 5.42. The molecule has 0 aromatic carbocycles. The molecule has 0 spiro atoms. The van der Waals surface area contributed by atoms with Gasteiger partial charge in [-0.25, -0.2) is 4.68 Å². The van der Waals surface area contributed by atoms with Crippen LogP contribution in [0.1, 0.15) is 17.7 Å². The van der Waals surface area contributed by atoms with Crippen molar-refractivity contribution in [2.24, 2.45) is 0 Å². The molecule has 0 atom stereocenters. The van der Waals surface area contributed by atoms with Gasteiger partial charge in [0.15, 0.2) is 5.82 Å². The minimum atomic E-state index is 0.625. The van der Waals surface area contributed by atoms with Gasteiger partial charge in [0.25, 0.3) is 0 Å². The fourth-order valence-corrected chi connectivity index (χ4v) is 4.08. The van der Waals surface area contributed by atoms with Crippen molar-refractivity contribution in [3.8, 4) is 10.7 Å². The third kappa shape index (κ3) is 3.08. The van der Waals surface area contributed by atoms with E-state index in [-0.39, 0.29) is 0 Å². The molecule has 0 unspecified atom stereocenters. The van der Waals surface area contributed by atoms with Crippen molar-refractivity contribution in [1.29, 1.82) is 0 Å². The lowest BCUT2D eigenvalue weighted by molar-refractivity contribution is 0.188. The highest BCUT2D eigenvalue weighted by Gasteiger charge is 2.29. The molecule has 0 amide bonds. The van der Waals surface area contributed by atoms with Crippen LogP contribution < -0.4 is 0 Å². The first kappa shape index (κ1) is 14.3. The highest BCUT2D eigenvalue weighted by atomic mass is 32.1. The van der Waals surface area contributed by atoms with Gasteiger partial charge in [0, 0.05) is 17.5 Å². The Morgan fingerprint density at radius 3 is 2.77 bits per heavy atom. The molecule has 0 aliphatic heterocycles. The summed E-state index contributed by atoms with van der Waals surface area (Å²) in [5.74, 6) is 0.867. The molecular weight excluding hydrogens is 332 g/mol. The monoisotopic (exact) mass is 348 g/mol. The molecule has 1 saturated carbocycles. The summed E-state index contributed by atoms with van der Waals surface area (Å²) in [6, 6.07) is 9.08. The molecule has 114 valence electrons. The van der Waals surface area contributed by atoms with Gasteiger partial charge in [-0.3, -0.25) is 10.00 Å². The van der Waals surface area contributed by atoms with Gasteiger partial charge in [-0.2, -0.15) is 4.98 Å². The second kappa shape index (κ2) is 6.08. The van der Waals surface area contributed by atoms with Crippen molar-refractivity contribution in [3.05, 3.63) is 44.7 Å². The molecule has 3 heterocycles. The normalized spacial score (nSPS) is 14.8. The number of rotatable bonds is 6. The number of aromatic nitrogens is 3. The quantitative estimate of drug-likeness (QED) is 0.673. The van der Waals surface area contributed by atoms with Gasteiger partial charge in [-0.15, -0.1) is 22.7 Å². The van der Waals surface area contributed by atoms with E-state index >= 15 is 0 Å². The lowest BCUT2D eigenvalue weighted by Gasteiger charge is -2.21. The average Bonchev–Trinajstić information content (AvgIpc) is 2.95. The first-order chi connectivity index (χ1) is 10.8. The van der Waals surface area contributed by atoms with E-state index in [9.17, 15) is 0 Å². The van der Waals surface area contributed by atoms with E-state index < -0.39 is 0 Å². The van der Waals surface area contributed by atoms with Crippen LogP contribution in [0.25, 0.3) is 10.7 Å². The second-order valence-electron chi connectivity index (χ2n) is 5.46. The first-order valence-electron chi connectivity index (χ1n) is 7.27. The summed E-state index contributed by atoms with van der Waals surface area (Å²) in [4.78, 5) is 9.50. The van der Waals surface area contributed by atoms with Crippen LogP contribution in [0, 0.1) is 4.77 Å². The third-order valence-electron chi connectivity index (χ3n) is 3.76. The van der Waals surface area contributed by atoms with Crippen molar-refractivity contribution in [2.75, 3.05) is 0 Å². The Bertz CT molecular complexity index is 781. The van der Waals surface area contributed by atoms with E-state index in [2.05, 4.69) is 43.9 Å². The average molecular weight is 349 g/mol. The summed E-state index contributed by atoms with van der Waals surface area (Å²) in [7, 11) is 0. The fourth-order valence-electron chi connectivity index (χ4n) is 2.49. The van der Waals surface area contributed by atoms with E-state index in [1.807, 2.05) is 22.1 Å². The number of thiophene rings is 2. The Morgan fingerprint density at radius 1 is 1.27 bits per heavy atom. The Balaban J connectivity index is 1.55. The Labute approximate surface area is 142 Å². The van der Waals surface area contributed by atoms with Crippen molar-refractivity contribution < 1.29 is 0 Å². The predicted octanol–water partition coefficient (Wildman–Crippen LogP) is 4.35. The lowest BCUT2D eigenvalue weighted by Crippen LogP contribution is -2.28. The summed E-state index contributed by atoms with van der Waals surface area (Å²) in [5, 5.41) is 7.54. The van der Waals surface area contributed by atoms with Crippen molar-refractivity contribution >= 4 is 34.9 Å². The van der Waals surface area contributed by atoms with Crippen LogP contribution in [0.3, 0.4) is 0 Å². The summed E-state index contributed by atoms with van der Waals surface area (Å²) >= 11 is 8.91. The van der Waals surface area contributed by atoms with Gasteiger partial charge in [0.05, 0.1) is 11.5 Å². The molecular formula is C15H16N4S3.